The summed E-state index contributed by atoms with van der Waals surface area (Å²) in [6.45, 7) is 0.655. The summed E-state index contributed by atoms with van der Waals surface area (Å²) in [4.78, 5) is 0.305. The molecule has 25 heavy (non-hydrogen) atoms. The fourth-order valence-electron chi connectivity index (χ4n) is 2.65. The number of hydrogen-bond acceptors (Lipinski definition) is 3. The van der Waals surface area contributed by atoms with E-state index in [9.17, 15) is 8.42 Å². The molecule has 2 aromatic carbocycles. The maximum atomic E-state index is 13.1. The predicted molar refractivity (Wildman–Crippen MR) is 97.4 cm³/mol. The van der Waals surface area contributed by atoms with Crippen LogP contribution in [0.25, 0.3) is 0 Å². The summed E-state index contributed by atoms with van der Waals surface area (Å²) in [5, 5.41) is 4.32. The summed E-state index contributed by atoms with van der Waals surface area (Å²) >= 11 is 0. The molecule has 6 heteroatoms. The maximum absolute atomic E-state index is 13.1. The molecule has 5 nitrogen and oxygen atoms in total. The Morgan fingerprint density at radius 3 is 2.20 bits per heavy atom. The van der Waals surface area contributed by atoms with E-state index < -0.39 is 10.0 Å². The van der Waals surface area contributed by atoms with Gasteiger partial charge in [-0.1, -0.05) is 48.5 Å². The van der Waals surface area contributed by atoms with Gasteiger partial charge in [0.2, 0.25) is 10.0 Å². The van der Waals surface area contributed by atoms with Crippen LogP contribution in [0.5, 0.6) is 0 Å². The lowest BCUT2D eigenvalue weighted by atomic mass is 10.1. The fraction of sp³-hybridized carbons (Fsp3) is 0.211. The zero-order chi connectivity index (χ0) is 17.7. The average Bonchev–Trinajstić information content (AvgIpc) is 3.05. The van der Waals surface area contributed by atoms with Gasteiger partial charge >= 0.3 is 0 Å². The van der Waals surface area contributed by atoms with Gasteiger partial charge in [0.05, 0.1) is 17.1 Å². The van der Waals surface area contributed by atoms with Crippen LogP contribution < -0.4 is 0 Å². The van der Waals surface area contributed by atoms with Gasteiger partial charge < -0.3 is 0 Å². The Morgan fingerprint density at radius 2 is 1.60 bits per heavy atom. The Hall–Kier alpha value is -2.44. The number of benzene rings is 2. The standard InChI is InChI=1S/C19H21N3O2S/c1-21-14-13-18(20-21)16-22(15-12-17-8-4-2-5-9-17)25(23,24)19-10-6-3-7-11-19/h2-11,13-14H,12,15-16H2,1H3. The summed E-state index contributed by atoms with van der Waals surface area (Å²) in [6.07, 6.45) is 2.47. The minimum Gasteiger partial charge on any atom is -0.276 e. The van der Waals surface area contributed by atoms with E-state index in [1.807, 2.05) is 55.7 Å². The van der Waals surface area contributed by atoms with Gasteiger partial charge in [-0.2, -0.15) is 9.40 Å². The first kappa shape index (κ1) is 17.4. The van der Waals surface area contributed by atoms with Crippen LogP contribution >= 0.6 is 0 Å². The van der Waals surface area contributed by atoms with Crippen LogP contribution in [0.4, 0.5) is 0 Å². The first-order valence-electron chi connectivity index (χ1n) is 8.13. The van der Waals surface area contributed by atoms with Gasteiger partial charge in [-0.15, -0.1) is 0 Å². The van der Waals surface area contributed by atoms with Gasteiger partial charge in [0.25, 0.3) is 0 Å². The van der Waals surface area contributed by atoms with Crippen molar-refractivity contribution in [1.29, 1.82) is 0 Å². The van der Waals surface area contributed by atoms with Crippen LogP contribution in [0.3, 0.4) is 0 Å². The van der Waals surface area contributed by atoms with E-state index in [0.29, 0.717) is 17.9 Å². The first-order chi connectivity index (χ1) is 12.1. The lowest BCUT2D eigenvalue weighted by Crippen LogP contribution is -2.32. The molecule has 0 saturated heterocycles. The molecular formula is C19H21N3O2S. The van der Waals surface area contributed by atoms with Gasteiger partial charge in [-0.05, 0) is 30.2 Å². The quantitative estimate of drug-likeness (QED) is 0.655. The molecule has 1 aromatic heterocycles. The van der Waals surface area contributed by atoms with Crippen LogP contribution in [0.15, 0.2) is 77.8 Å². The summed E-state index contributed by atoms with van der Waals surface area (Å²) < 4.78 is 29.3. The highest BCUT2D eigenvalue weighted by Crippen LogP contribution is 2.18. The zero-order valence-corrected chi connectivity index (χ0v) is 14.9. The molecule has 0 aliphatic heterocycles. The van der Waals surface area contributed by atoms with Crippen LogP contribution in [-0.4, -0.2) is 29.0 Å². The van der Waals surface area contributed by atoms with Crippen molar-refractivity contribution in [3.05, 3.63) is 84.2 Å². The molecule has 130 valence electrons. The fourth-order valence-corrected chi connectivity index (χ4v) is 4.09. The topological polar surface area (TPSA) is 55.2 Å². The van der Waals surface area contributed by atoms with E-state index >= 15 is 0 Å². The number of aromatic nitrogens is 2. The van der Waals surface area contributed by atoms with Gasteiger partial charge in [0, 0.05) is 19.8 Å². The molecule has 0 bridgehead atoms. The van der Waals surface area contributed by atoms with Crippen LogP contribution in [0.1, 0.15) is 11.3 Å². The molecular weight excluding hydrogens is 334 g/mol. The SMILES string of the molecule is Cn1ccc(CN(CCc2ccccc2)S(=O)(=O)c2ccccc2)n1. The molecule has 0 radical (unpaired) electrons. The molecule has 0 amide bonds. The number of aryl methyl sites for hydroxylation is 1. The molecule has 0 aliphatic rings. The second-order valence-corrected chi connectivity index (χ2v) is 7.81. The smallest absolute Gasteiger partial charge is 0.243 e. The minimum absolute atomic E-state index is 0.255. The molecule has 0 atom stereocenters. The van der Waals surface area contributed by atoms with Gasteiger partial charge in [0.1, 0.15) is 0 Å². The highest BCUT2D eigenvalue weighted by Gasteiger charge is 2.25. The van der Waals surface area contributed by atoms with Crippen molar-refractivity contribution in [2.75, 3.05) is 6.54 Å². The predicted octanol–water partition coefficient (Wildman–Crippen LogP) is 2.85. The monoisotopic (exact) mass is 355 g/mol. The van der Waals surface area contributed by atoms with E-state index in [2.05, 4.69) is 5.10 Å². The third-order valence-corrected chi connectivity index (χ3v) is 5.84. The highest BCUT2D eigenvalue weighted by atomic mass is 32.2. The normalized spacial score (nSPS) is 11.8. The number of sulfonamides is 1. The third-order valence-electron chi connectivity index (χ3n) is 3.98. The van der Waals surface area contributed by atoms with Crippen molar-refractivity contribution in [3.63, 3.8) is 0 Å². The van der Waals surface area contributed by atoms with Crippen molar-refractivity contribution in [2.45, 2.75) is 17.9 Å². The van der Waals surface area contributed by atoms with E-state index in [1.165, 1.54) is 4.31 Å². The molecule has 0 N–H and O–H groups in total. The Kier molecular flexibility index (Phi) is 5.31. The lowest BCUT2D eigenvalue weighted by Gasteiger charge is -2.21. The van der Waals surface area contributed by atoms with Crippen LogP contribution in [-0.2, 0) is 30.0 Å². The van der Waals surface area contributed by atoms with Gasteiger partial charge in [-0.25, -0.2) is 8.42 Å². The van der Waals surface area contributed by atoms with E-state index in [-0.39, 0.29) is 6.54 Å². The zero-order valence-electron chi connectivity index (χ0n) is 14.1. The van der Waals surface area contributed by atoms with Crippen molar-refractivity contribution in [2.24, 2.45) is 7.05 Å². The molecule has 0 fully saturated rings. The second kappa shape index (κ2) is 7.63. The average molecular weight is 355 g/mol. The molecule has 0 spiro atoms. The molecule has 0 unspecified atom stereocenters. The molecule has 1 heterocycles. The molecule has 3 aromatic rings. The third kappa shape index (κ3) is 4.35. The van der Waals surface area contributed by atoms with E-state index in [0.717, 1.165) is 11.3 Å². The van der Waals surface area contributed by atoms with Crippen molar-refractivity contribution >= 4 is 10.0 Å². The summed E-state index contributed by atoms with van der Waals surface area (Å²) in [7, 11) is -1.75. The Morgan fingerprint density at radius 1 is 0.960 bits per heavy atom. The summed E-state index contributed by atoms with van der Waals surface area (Å²) in [6, 6.07) is 20.3. The largest absolute Gasteiger partial charge is 0.276 e. The number of hydrogen-bond donors (Lipinski definition) is 0. The summed E-state index contributed by atoms with van der Waals surface area (Å²) in [5.41, 5.74) is 1.84. The maximum Gasteiger partial charge on any atom is 0.243 e. The molecule has 0 aliphatic carbocycles. The van der Waals surface area contributed by atoms with Gasteiger partial charge in [0.15, 0.2) is 0 Å². The number of rotatable bonds is 7. The Labute approximate surface area is 148 Å². The lowest BCUT2D eigenvalue weighted by molar-refractivity contribution is 0.403. The van der Waals surface area contributed by atoms with Crippen molar-refractivity contribution in [1.82, 2.24) is 14.1 Å². The summed E-state index contributed by atoms with van der Waals surface area (Å²) in [5.74, 6) is 0. The second-order valence-electron chi connectivity index (χ2n) is 5.87. The Balaban J connectivity index is 1.85. The van der Waals surface area contributed by atoms with Crippen molar-refractivity contribution < 1.29 is 8.42 Å². The first-order valence-corrected chi connectivity index (χ1v) is 9.57. The molecule has 3 rings (SSSR count). The molecule has 0 saturated carbocycles. The van der Waals surface area contributed by atoms with Crippen molar-refractivity contribution in [3.8, 4) is 0 Å². The van der Waals surface area contributed by atoms with E-state index in [4.69, 9.17) is 0 Å². The van der Waals surface area contributed by atoms with Crippen LogP contribution in [0, 0.1) is 0 Å². The van der Waals surface area contributed by atoms with Gasteiger partial charge in [-0.3, -0.25) is 4.68 Å². The highest BCUT2D eigenvalue weighted by molar-refractivity contribution is 7.89. The minimum atomic E-state index is -3.58. The number of nitrogens with zero attached hydrogens (tertiary/aromatic N) is 3. The Bertz CT molecular complexity index is 906. The van der Waals surface area contributed by atoms with Crippen LogP contribution in [0.2, 0.25) is 0 Å². The van der Waals surface area contributed by atoms with E-state index in [1.54, 1.807) is 28.9 Å².